The van der Waals surface area contributed by atoms with Gasteiger partial charge >= 0.3 is 0 Å². The molecule has 0 saturated carbocycles. The Bertz CT molecular complexity index is 644. The lowest BCUT2D eigenvalue weighted by Crippen LogP contribution is -2.29. The fourth-order valence-electron chi connectivity index (χ4n) is 1.96. The molecule has 1 heterocycles. The summed E-state index contributed by atoms with van der Waals surface area (Å²) < 4.78 is 27.8. The topological polar surface area (TPSA) is 70.8 Å². The lowest BCUT2D eigenvalue weighted by molar-refractivity contribution is 0.110. The number of rotatable bonds is 6. The van der Waals surface area contributed by atoms with Gasteiger partial charge in [-0.2, -0.15) is 0 Å². The number of benzene rings is 1. The number of sulfone groups is 1. The Morgan fingerprint density at radius 1 is 1.35 bits per heavy atom. The van der Waals surface area contributed by atoms with E-state index in [-0.39, 0.29) is 5.75 Å². The summed E-state index contributed by atoms with van der Waals surface area (Å²) >= 11 is 0. The Labute approximate surface area is 118 Å². The SMILES string of the molecule is CN(CCS(C)(=O)=O)CC(O)c1cc2ccccc2o1. The molecule has 20 heavy (non-hydrogen) atoms. The first kappa shape index (κ1) is 15.0. The van der Waals surface area contributed by atoms with Gasteiger partial charge in [0.25, 0.3) is 0 Å². The first-order valence-corrected chi connectivity index (χ1v) is 8.44. The van der Waals surface area contributed by atoms with Gasteiger partial charge in [-0.15, -0.1) is 0 Å². The summed E-state index contributed by atoms with van der Waals surface area (Å²) in [5.74, 6) is 0.577. The summed E-state index contributed by atoms with van der Waals surface area (Å²) in [5.41, 5.74) is 0.736. The molecule has 0 aliphatic carbocycles. The van der Waals surface area contributed by atoms with Crippen LogP contribution in [0.15, 0.2) is 34.7 Å². The summed E-state index contributed by atoms with van der Waals surface area (Å²) in [5, 5.41) is 11.1. The second-order valence-corrected chi connectivity index (χ2v) is 7.35. The van der Waals surface area contributed by atoms with E-state index in [1.807, 2.05) is 30.3 Å². The van der Waals surface area contributed by atoms with Crippen molar-refractivity contribution in [2.24, 2.45) is 0 Å². The number of hydrogen-bond donors (Lipinski definition) is 1. The first-order valence-electron chi connectivity index (χ1n) is 6.38. The van der Waals surface area contributed by atoms with Crippen molar-refractivity contribution < 1.29 is 17.9 Å². The molecule has 1 atom stereocenters. The van der Waals surface area contributed by atoms with Crippen LogP contribution in [-0.2, 0) is 9.84 Å². The summed E-state index contributed by atoms with van der Waals surface area (Å²) in [6.07, 6.45) is 0.434. The van der Waals surface area contributed by atoms with E-state index in [1.54, 1.807) is 11.9 Å². The predicted octanol–water partition coefficient (Wildman–Crippen LogP) is 1.44. The average molecular weight is 297 g/mol. The Kier molecular flexibility index (Phi) is 4.47. The maximum atomic E-state index is 11.1. The van der Waals surface area contributed by atoms with Crippen molar-refractivity contribution in [2.45, 2.75) is 6.10 Å². The minimum Gasteiger partial charge on any atom is -0.458 e. The molecule has 1 aromatic heterocycles. The lowest BCUT2D eigenvalue weighted by atomic mass is 10.2. The second kappa shape index (κ2) is 5.95. The average Bonchev–Trinajstić information content (AvgIpc) is 2.79. The zero-order chi connectivity index (χ0) is 14.8. The third-order valence-electron chi connectivity index (χ3n) is 3.10. The molecule has 5 nitrogen and oxygen atoms in total. The van der Waals surface area contributed by atoms with Crippen LogP contribution in [0.25, 0.3) is 11.0 Å². The molecule has 1 aromatic carbocycles. The number of furan rings is 1. The maximum Gasteiger partial charge on any atom is 0.148 e. The van der Waals surface area contributed by atoms with E-state index in [1.165, 1.54) is 6.26 Å². The molecule has 2 aromatic rings. The Balaban J connectivity index is 1.98. The molecule has 110 valence electrons. The Morgan fingerprint density at radius 2 is 2.05 bits per heavy atom. The van der Waals surface area contributed by atoms with Crippen LogP contribution in [0, 0.1) is 0 Å². The van der Waals surface area contributed by atoms with Crippen LogP contribution in [0.1, 0.15) is 11.9 Å². The van der Waals surface area contributed by atoms with Gasteiger partial charge in [0, 0.05) is 24.7 Å². The predicted molar refractivity (Wildman–Crippen MR) is 78.4 cm³/mol. The third-order valence-corrected chi connectivity index (χ3v) is 4.03. The van der Waals surface area contributed by atoms with Crippen molar-refractivity contribution in [1.29, 1.82) is 0 Å². The number of aliphatic hydroxyl groups excluding tert-OH is 1. The van der Waals surface area contributed by atoms with Crippen molar-refractivity contribution >= 4 is 20.8 Å². The van der Waals surface area contributed by atoms with Gasteiger partial charge in [0.05, 0.1) is 5.75 Å². The van der Waals surface area contributed by atoms with Crippen LogP contribution in [0.2, 0.25) is 0 Å². The summed E-state index contributed by atoms with van der Waals surface area (Å²) in [4.78, 5) is 1.78. The Morgan fingerprint density at radius 3 is 2.70 bits per heavy atom. The molecule has 0 bridgehead atoms. The van der Waals surface area contributed by atoms with Crippen LogP contribution in [0.4, 0.5) is 0 Å². The minimum atomic E-state index is -2.99. The van der Waals surface area contributed by atoms with Gasteiger partial charge in [-0.1, -0.05) is 18.2 Å². The van der Waals surface area contributed by atoms with Crippen molar-refractivity contribution in [2.75, 3.05) is 32.1 Å². The molecule has 0 amide bonds. The highest BCUT2D eigenvalue weighted by Crippen LogP contribution is 2.24. The molecule has 0 fully saturated rings. The van der Waals surface area contributed by atoms with Crippen molar-refractivity contribution in [1.82, 2.24) is 4.90 Å². The van der Waals surface area contributed by atoms with Crippen LogP contribution in [0.5, 0.6) is 0 Å². The molecule has 0 saturated heterocycles. The summed E-state index contributed by atoms with van der Waals surface area (Å²) in [6.45, 7) is 0.714. The number of nitrogens with zero attached hydrogens (tertiary/aromatic N) is 1. The molecular weight excluding hydrogens is 278 g/mol. The number of fused-ring (bicyclic) bond motifs is 1. The summed E-state index contributed by atoms with van der Waals surface area (Å²) in [7, 11) is -1.21. The zero-order valence-corrected chi connectivity index (χ0v) is 12.4. The molecule has 6 heteroatoms. The maximum absolute atomic E-state index is 11.1. The van der Waals surface area contributed by atoms with E-state index in [9.17, 15) is 13.5 Å². The van der Waals surface area contributed by atoms with E-state index in [2.05, 4.69) is 0 Å². The lowest BCUT2D eigenvalue weighted by Gasteiger charge is -2.18. The van der Waals surface area contributed by atoms with Crippen molar-refractivity contribution in [3.05, 3.63) is 36.1 Å². The van der Waals surface area contributed by atoms with E-state index in [0.717, 1.165) is 11.0 Å². The smallest absolute Gasteiger partial charge is 0.148 e. The fourth-order valence-corrected chi connectivity index (χ4v) is 2.61. The van der Waals surface area contributed by atoms with Gasteiger partial charge in [0.1, 0.15) is 27.3 Å². The van der Waals surface area contributed by atoms with Crippen molar-refractivity contribution in [3.63, 3.8) is 0 Å². The van der Waals surface area contributed by atoms with Gasteiger partial charge < -0.3 is 14.4 Å². The number of aliphatic hydroxyl groups is 1. The van der Waals surface area contributed by atoms with Crippen LogP contribution < -0.4 is 0 Å². The number of hydrogen-bond acceptors (Lipinski definition) is 5. The van der Waals surface area contributed by atoms with Gasteiger partial charge in [-0.05, 0) is 19.2 Å². The van der Waals surface area contributed by atoms with Gasteiger partial charge in [-0.25, -0.2) is 8.42 Å². The molecule has 0 aliphatic rings. The molecule has 2 rings (SSSR count). The Hall–Kier alpha value is -1.37. The minimum absolute atomic E-state index is 0.0797. The molecule has 1 unspecified atom stereocenters. The molecule has 0 aliphatic heterocycles. The highest BCUT2D eigenvalue weighted by molar-refractivity contribution is 7.90. The van der Waals surface area contributed by atoms with E-state index < -0.39 is 15.9 Å². The van der Waals surface area contributed by atoms with Gasteiger partial charge in [0.2, 0.25) is 0 Å². The molecule has 0 spiro atoms. The second-order valence-electron chi connectivity index (χ2n) is 5.09. The molecule has 0 radical (unpaired) electrons. The van der Waals surface area contributed by atoms with E-state index >= 15 is 0 Å². The largest absolute Gasteiger partial charge is 0.458 e. The van der Waals surface area contributed by atoms with Gasteiger partial charge in [0.15, 0.2) is 0 Å². The molecule has 1 N–H and O–H groups in total. The van der Waals surface area contributed by atoms with E-state index in [0.29, 0.717) is 18.8 Å². The van der Waals surface area contributed by atoms with Crippen LogP contribution in [0.3, 0.4) is 0 Å². The number of likely N-dealkylation sites (N-methyl/N-ethyl adjacent to an activating group) is 1. The van der Waals surface area contributed by atoms with Crippen LogP contribution >= 0.6 is 0 Å². The third kappa shape index (κ3) is 4.06. The highest BCUT2D eigenvalue weighted by atomic mass is 32.2. The quantitative estimate of drug-likeness (QED) is 0.873. The van der Waals surface area contributed by atoms with E-state index in [4.69, 9.17) is 4.42 Å². The first-order chi connectivity index (χ1) is 9.35. The van der Waals surface area contributed by atoms with Crippen LogP contribution in [-0.4, -0.2) is 50.6 Å². The summed E-state index contributed by atoms with van der Waals surface area (Å²) in [6, 6.07) is 9.36. The monoisotopic (exact) mass is 297 g/mol. The fraction of sp³-hybridized carbons (Fsp3) is 0.429. The normalized spacial score (nSPS) is 14.0. The highest BCUT2D eigenvalue weighted by Gasteiger charge is 2.16. The molecular formula is C14H19NO4S. The standard InChI is InChI=1S/C14H19NO4S/c1-15(7-8-20(2,17)18)10-12(16)14-9-11-5-3-4-6-13(11)19-14/h3-6,9,12,16H,7-8,10H2,1-2H3. The number of para-hydroxylation sites is 1. The zero-order valence-electron chi connectivity index (χ0n) is 11.6. The van der Waals surface area contributed by atoms with Crippen molar-refractivity contribution in [3.8, 4) is 0 Å². The van der Waals surface area contributed by atoms with Gasteiger partial charge in [-0.3, -0.25) is 0 Å².